The normalized spacial score (nSPS) is 18.4. The summed E-state index contributed by atoms with van der Waals surface area (Å²) in [5.74, 6) is -0.974. The molecule has 1 saturated carbocycles. The van der Waals surface area contributed by atoms with Crippen LogP contribution in [0.25, 0.3) is 0 Å². The highest BCUT2D eigenvalue weighted by Crippen LogP contribution is 2.32. The van der Waals surface area contributed by atoms with E-state index in [-0.39, 0.29) is 24.2 Å². The Balaban J connectivity index is 1.58. The number of para-hydroxylation sites is 1. The summed E-state index contributed by atoms with van der Waals surface area (Å²) in [4.78, 5) is 24.8. The highest BCUT2D eigenvalue weighted by atomic mass is 35.5. The van der Waals surface area contributed by atoms with Gasteiger partial charge in [-0.15, -0.1) is 0 Å². The molecule has 6 nitrogen and oxygen atoms in total. The van der Waals surface area contributed by atoms with Crippen LogP contribution in [0.2, 0.25) is 5.02 Å². The first-order valence-electron chi connectivity index (χ1n) is 10.2. The number of ether oxygens (including phenoxy) is 2. The molecule has 1 N–H and O–H groups in total. The summed E-state index contributed by atoms with van der Waals surface area (Å²) in [6.45, 7) is 0.409. The van der Waals surface area contributed by atoms with Crippen LogP contribution < -0.4 is 4.90 Å². The molecular weight excluding hydrogens is 425 g/mol. The van der Waals surface area contributed by atoms with Crippen LogP contribution in [-0.2, 0) is 14.3 Å². The molecule has 0 unspecified atom stereocenters. The molecule has 1 aliphatic carbocycles. The van der Waals surface area contributed by atoms with Gasteiger partial charge in [-0.1, -0.05) is 29.8 Å². The molecule has 0 radical (unpaired) electrons. The number of amides is 1. The van der Waals surface area contributed by atoms with Gasteiger partial charge in [0.15, 0.2) is 0 Å². The van der Waals surface area contributed by atoms with Crippen LogP contribution in [0.1, 0.15) is 25.7 Å². The van der Waals surface area contributed by atoms with Gasteiger partial charge in [0.25, 0.3) is 0 Å². The summed E-state index contributed by atoms with van der Waals surface area (Å²) in [5, 5.41) is 8.83. The first kappa shape index (κ1) is 23.0. The maximum atomic E-state index is 13.9. The summed E-state index contributed by atoms with van der Waals surface area (Å²) in [7, 11) is 0. The zero-order chi connectivity index (χ0) is 22.2. The van der Waals surface area contributed by atoms with Crippen molar-refractivity contribution in [2.24, 2.45) is 11.8 Å². The summed E-state index contributed by atoms with van der Waals surface area (Å²) in [5.41, 5.74) is 0.842. The van der Waals surface area contributed by atoms with Crippen LogP contribution in [-0.4, -0.2) is 37.0 Å². The monoisotopic (exact) mass is 449 g/mol. The van der Waals surface area contributed by atoms with E-state index in [0.717, 1.165) is 25.7 Å². The molecule has 0 spiro atoms. The molecule has 0 heterocycles. The number of hydrogen-bond acceptors (Lipinski definition) is 4. The Hall–Kier alpha value is -2.64. The van der Waals surface area contributed by atoms with E-state index in [9.17, 15) is 14.0 Å². The van der Waals surface area contributed by atoms with Gasteiger partial charge < -0.3 is 14.6 Å². The second kappa shape index (κ2) is 11.1. The van der Waals surface area contributed by atoms with Crippen molar-refractivity contribution in [2.45, 2.75) is 25.7 Å². The quantitative estimate of drug-likeness (QED) is 0.562. The SMILES string of the molecule is O=C(O)COC[C@H]1CC[C@H](COC(=O)N(c2ccccc2)c2cc(F)cc(Cl)c2)CC1. The highest BCUT2D eigenvalue weighted by molar-refractivity contribution is 6.31. The van der Waals surface area contributed by atoms with Gasteiger partial charge in [0.2, 0.25) is 0 Å². The van der Waals surface area contributed by atoms with Crippen molar-refractivity contribution in [3.63, 3.8) is 0 Å². The predicted molar refractivity (Wildman–Crippen MR) is 115 cm³/mol. The van der Waals surface area contributed by atoms with Crippen LogP contribution in [0, 0.1) is 17.7 Å². The third-order valence-electron chi connectivity index (χ3n) is 5.29. The highest BCUT2D eigenvalue weighted by Gasteiger charge is 2.25. The summed E-state index contributed by atoms with van der Waals surface area (Å²) < 4.78 is 24.7. The van der Waals surface area contributed by atoms with Crippen molar-refractivity contribution in [3.05, 3.63) is 59.4 Å². The summed E-state index contributed by atoms with van der Waals surface area (Å²) in [6, 6.07) is 12.8. The molecule has 0 saturated heterocycles. The summed E-state index contributed by atoms with van der Waals surface area (Å²) in [6.07, 6.45) is 2.92. The van der Waals surface area contributed by atoms with Gasteiger partial charge >= 0.3 is 12.1 Å². The third kappa shape index (κ3) is 6.94. The fraction of sp³-hybridized carbons (Fsp3) is 0.391. The van der Waals surface area contributed by atoms with E-state index in [2.05, 4.69) is 0 Å². The maximum absolute atomic E-state index is 13.9. The van der Waals surface area contributed by atoms with Crippen LogP contribution in [0.3, 0.4) is 0 Å². The number of hydrogen-bond donors (Lipinski definition) is 1. The first-order valence-corrected chi connectivity index (χ1v) is 10.6. The molecule has 3 rings (SSSR count). The van der Waals surface area contributed by atoms with Crippen molar-refractivity contribution in [3.8, 4) is 0 Å². The molecule has 0 atom stereocenters. The van der Waals surface area contributed by atoms with E-state index in [4.69, 9.17) is 26.2 Å². The van der Waals surface area contributed by atoms with Crippen LogP contribution in [0.4, 0.5) is 20.6 Å². The second-order valence-electron chi connectivity index (χ2n) is 7.67. The number of carbonyl (C=O) groups excluding carboxylic acids is 1. The van der Waals surface area contributed by atoms with Gasteiger partial charge in [-0.25, -0.2) is 18.9 Å². The number of halogens is 2. The average Bonchev–Trinajstić information content (AvgIpc) is 2.73. The van der Waals surface area contributed by atoms with E-state index in [1.807, 2.05) is 6.07 Å². The van der Waals surface area contributed by atoms with Crippen LogP contribution >= 0.6 is 11.6 Å². The molecule has 31 heavy (non-hydrogen) atoms. The molecule has 2 aromatic rings. The van der Waals surface area contributed by atoms with Crippen molar-refractivity contribution >= 4 is 35.0 Å². The molecule has 8 heteroatoms. The molecule has 1 aliphatic rings. The van der Waals surface area contributed by atoms with E-state index < -0.39 is 17.9 Å². The minimum absolute atomic E-state index is 0.187. The van der Waals surface area contributed by atoms with Gasteiger partial charge in [-0.05, 0) is 67.9 Å². The van der Waals surface area contributed by atoms with E-state index in [1.165, 1.54) is 23.1 Å². The van der Waals surface area contributed by atoms with Crippen molar-refractivity contribution in [1.82, 2.24) is 0 Å². The van der Waals surface area contributed by atoms with Gasteiger partial charge in [0.05, 0.1) is 24.6 Å². The van der Waals surface area contributed by atoms with Crippen LogP contribution in [0.15, 0.2) is 48.5 Å². The number of rotatable bonds is 8. The fourth-order valence-corrected chi connectivity index (χ4v) is 3.95. The minimum atomic E-state index is -0.969. The molecule has 0 aliphatic heterocycles. The molecule has 1 fully saturated rings. The lowest BCUT2D eigenvalue weighted by molar-refractivity contribution is -0.142. The lowest BCUT2D eigenvalue weighted by atomic mass is 9.83. The number of carbonyl (C=O) groups is 2. The van der Waals surface area contributed by atoms with E-state index >= 15 is 0 Å². The largest absolute Gasteiger partial charge is 0.480 e. The Labute approximate surface area is 185 Å². The lowest BCUT2D eigenvalue weighted by Crippen LogP contribution is -2.30. The number of anilines is 2. The van der Waals surface area contributed by atoms with Crippen molar-refractivity contribution in [1.29, 1.82) is 0 Å². The zero-order valence-corrected chi connectivity index (χ0v) is 17.8. The Morgan fingerprint density at radius 3 is 2.26 bits per heavy atom. The fourth-order valence-electron chi connectivity index (χ4n) is 3.74. The number of carboxylic acid groups (broad SMARTS) is 1. The lowest BCUT2D eigenvalue weighted by Gasteiger charge is -2.29. The van der Waals surface area contributed by atoms with Crippen molar-refractivity contribution in [2.75, 3.05) is 24.7 Å². The topological polar surface area (TPSA) is 76.1 Å². The van der Waals surface area contributed by atoms with Gasteiger partial charge in [0.1, 0.15) is 12.4 Å². The number of nitrogens with zero attached hydrogens (tertiary/aromatic N) is 1. The second-order valence-corrected chi connectivity index (χ2v) is 8.11. The van der Waals surface area contributed by atoms with Crippen molar-refractivity contribution < 1.29 is 28.6 Å². The maximum Gasteiger partial charge on any atom is 0.418 e. The molecule has 2 aromatic carbocycles. The number of aliphatic carboxylic acids is 1. The van der Waals surface area contributed by atoms with Gasteiger partial charge in [-0.3, -0.25) is 0 Å². The molecule has 0 bridgehead atoms. The Bertz CT molecular complexity index is 867. The Morgan fingerprint density at radius 1 is 1.00 bits per heavy atom. The number of carboxylic acids is 1. The first-order chi connectivity index (χ1) is 14.9. The predicted octanol–water partition coefficient (Wildman–Crippen LogP) is 5.66. The van der Waals surface area contributed by atoms with Gasteiger partial charge in [0, 0.05) is 5.02 Å². The van der Waals surface area contributed by atoms with E-state index in [0.29, 0.717) is 23.9 Å². The number of benzene rings is 2. The van der Waals surface area contributed by atoms with E-state index in [1.54, 1.807) is 24.3 Å². The smallest absolute Gasteiger partial charge is 0.418 e. The third-order valence-corrected chi connectivity index (χ3v) is 5.51. The Kier molecular flexibility index (Phi) is 8.26. The summed E-state index contributed by atoms with van der Waals surface area (Å²) >= 11 is 5.99. The molecule has 0 aromatic heterocycles. The molecular formula is C23H25ClFNO5. The zero-order valence-electron chi connectivity index (χ0n) is 17.0. The molecule has 166 valence electrons. The standard InChI is InChI=1S/C23H25ClFNO5/c24-18-10-19(25)12-21(11-18)26(20-4-2-1-3-5-20)23(29)31-14-17-8-6-16(7-9-17)13-30-15-22(27)28/h1-5,10-12,16-17H,6-9,13-15H2,(H,27,28)/t16-,17-. The average molecular weight is 450 g/mol. The Morgan fingerprint density at radius 2 is 1.65 bits per heavy atom. The minimum Gasteiger partial charge on any atom is -0.480 e. The molecule has 1 amide bonds. The van der Waals surface area contributed by atoms with Gasteiger partial charge in [-0.2, -0.15) is 0 Å². The van der Waals surface area contributed by atoms with Crippen LogP contribution in [0.5, 0.6) is 0 Å².